The summed E-state index contributed by atoms with van der Waals surface area (Å²) in [7, 11) is 1.23. The number of Topliss-reactive ketones (excluding diaryl/α,β-unsaturated/α-hetero) is 1. The summed E-state index contributed by atoms with van der Waals surface area (Å²) in [6.07, 6.45) is -4.38. The Labute approximate surface area is 131 Å². The van der Waals surface area contributed by atoms with Crippen molar-refractivity contribution in [1.82, 2.24) is 0 Å². The zero-order chi connectivity index (χ0) is 17.0. The zero-order valence-corrected chi connectivity index (χ0v) is 12.3. The van der Waals surface area contributed by atoms with Crippen molar-refractivity contribution in [2.75, 3.05) is 13.7 Å². The van der Waals surface area contributed by atoms with Gasteiger partial charge in [0.25, 0.3) is 0 Å². The van der Waals surface area contributed by atoms with Gasteiger partial charge < -0.3 is 24.8 Å². The minimum atomic E-state index is -2.50. The van der Waals surface area contributed by atoms with Gasteiger partial charge >= 0.3 is 0 Å². The van der Waals surface area contributed by atoms with E-state index in [0.717, 1.165) is 0 Å². The number of carbonyl (C=O) groups is 1. The third kappa shape index (κ3) is 2.93. The maximum absolute atomic E-state index is 12.8. The molecule has 1 heterocycles. The third-order valence-corrected chi connectivity index (χ3v) is 3.81. The molecule has 0 aliphatic carbocycles. The van der Waals surface area contributed by atoms with Crippen molar-refractivity contribution in [1.29, 1.82) is 0 Å². The van der Waals surface area contributed by atoms with E-state index in [1.165, 1.54) is 19.2 Å². The SMILES string of the molecule is CO[C@H]1O[C@H](CO)[C@@H](O)[C@@](O)(C(=O)c2ccccc2)[C@@H]1N=[N+]=[N-]. The van der Waals surface area contributed by atoms with Crippen LogP contribution in [0.4, 0.5) is 0 Å². The number of benzene rings is 1. The highest BCUT2D eigenvalue weighted by Crippen LogP contribution is 2.35. The van der Waals surface area contributed by atoms with Crippen LogP contribution in [0.1, 0.15) is 10.4 Å². The molecule has 0 radical (unpaired) electrons. The Morgan fingerprint density at radius 1 is 1.48 bits per heavy atom. The molecule has 0 spiro atoms. The molecule has 0 bridgehead atoms. The second-order valence-corrected chi connectivity index (χ2v) is 5.08. The van der Waals surface area contributed by atoms with Crippen molar-refractivity contribution < 1.29 is 29.6 Å². The van der Waals surface area contributed by atoms with E-state index in [2.05, 4.69) is 10.0 Å². The quantitative estimate of drug-likeness (QED) is 0.301. The molecule has 1 aromatic rings. The normalized spacial score (nSPS) is 33.7. The van der Waals surface area contributed by atoms with Gasteiger partial charge in [0.05, 0.1) is 6.61 Å². The van der Waals surface area contributed by atoms with Gasteiger partial charge in [-0.2, -0.15) is 0 Å². The van der Waals surface area contributed by atoms with Crippen LogP contribution >= 0.6 is 0 Å². The molecule has 5 atom stereocenters. The average molecular weight is 323 g/mol. The standard InChI is InChI=1S/C14H17N3O6/c1-22-13-10(16-17-15)14(21,12(20)9(7-18)23-13)11(19)8-5-3-2-4-6-8/h2-6,9-10,12-13,18,20-21H,7H2,1H3/t9-,10-,12-,13+,14+/m1/s1. The number of aliphatic hydroxyl groups is 3. The predicted octanol–water partition coefficient (Wildman–Crippen LogP) is 0.00380. The van der Waals surface area contributed by atoms with E-state index < -0.39 is 42.5 Å². The zero-order valence-electron chi connectivity index (χ0n) is 12.3. The summed E-state index contributed by atoms with van der Waals surface area (Å²) >= 11 is 0. The number of hydrogen-bond acceptors (Lipinski definition) is 7. The number of nitrogens with zero attached hydrogens (tertiary/aromatic N) is 3. The second kappa shape index (κ2) is 7.05. The summed E-state index contributed by atoms with van der Waals surface area (Å²) in [6.45, 7) is -0.658. The fraction of sp³-hybridized carbons (Fsp3) is 0.500. The average Bonchev–Trinajstić information content (AvgIpc) is 2.59. The number of ketones is 1. The predicted molar refractivity (Wildman–Crippen MR) is 77.4 cm³/mol. The van der Waals surface area contributed by atoms with Gasteiger partial charge in [-0.15, -0.1) is 0 Å². The maximum Gasteiger partial charge on any atom is 0.197 e. The van der Waals surface area contributed by atoms with E-state index in [9.17, 15) is 20.1 Å². The summed E-state index contributed by atoms with van der Waals surface area (Å²) < 4.78 is 10.2. The summed E-state index contributed by atoms with van der Waals surface area (Å²) in [5, 5.41) is 33.9. The first-order valence-corrected chi connectivity index (χ1v) is 6.84. The summed E-state index contributed by atoms with van der Waals surface area (Å²) in [5.41, 5.74) is 6.33. The van der Waals surface area contributed by atoms with Gasteiger partial charge in [-0.25, -0.2) is 0 Å². The molecule has 1 aliphatic rings. The minimum Gasteiger partial charge on any atom is -0.394 e. The van der Waals surface area contributed by atoms with Crippen molar-refractivity contribution in [3.63, 3.8) is 0 Å². The number of aliphatic hydroxyl groups excluding tert-OH is 2. The van der Waals surface area contributed by atoms with E-state index >= 15 is 0 Å². The Kier molecular flexibility index (Phi) is 5.32. The van der Waals surface area contributed by atoms with Crippen molar-refractivity contribution in [2.45, 2.75) is 30.1 Å². The highest BCUT2D eigenvalue weighted by molar-refractivity contribution is 6.03. The van der Waals surface area contributed by atoms with Crippen LogP contribution in [0.25, 0.3) is 10.4 Å². The largest absolute Gasteiger partial charge is 0.394 e. The maximum atomic E-state index is 12.8. The van der Waals surface area contributed by atoms with Crippen LogP contribution in [0, 0.1) is 0 Å². The Hall–Kier alpha value is -2.00. The monoisotopic (exact) mass is 323 g/mol. The Balaban J connectivity index is 2.54. The summed E-state index contributed by atoms with van der Waals surface area (Å²) in [5.74, 6) is -0.855. The topological polar surface area (TPSA) is 145 Å². The van der Waals surface area contributed by atoms with Crippen LogP contribution < -0.4 is 0 Å². The number of hydrogen-bond donors (Lipinski definition) is 3. The number of carbonyl (C=O) groups excluding carboxylic acids is 1. The lowest BCUT2D eigenvalue weighted by molar-refractivity contribution is -0.275. The molecule has 0 saturated carbocycles. The van der Waals surface area contributed by atoms with Crippen LogP contribution in [0.15, 0.2) is 35.4 Å². The number of methoxy groups -OCH3 is 1. The lowest BCUT2D eigenvalue weighted by Gasteiger charge is -2.46. The fourth-order valence-corrected chi connectivity index (χ4v) is 2.60. The third-order valence-electron chi connectivity index (χ3n) is 3.81. The number of rotatable bonds is 5. The van der Waals surface area contributed by atoms with Gasteiger partial charge in [0.1, 0.15) is 18.2 Å². The van der Waals surface area contributed by atoms with Gasteiger partial charge in [-0.1, -0.05) is 35.4 Å². The Morgan fingerprint density at radius 3 is 2.65 bits per heavy atom. The second-order valence-electron chi connectivity index (χ2n) is 5.08. The molecule has 0 unspecified atom stereocenters. The van der Waals surface area contributed by atoms with Crippen molar-refractivity contribution in [3.8, 4) is 0 Å². The molecule has 1 aromatic carbocycles. The highest BCUT2D eigenvalue weighted by Gasteiger charge is 2.59. The molecule has 3 N–H and O–H groups in total. The first-order chi connectivity index (χ1) is 11.0. The van der Waals surface area contributed by atoms with Crippen molar-refractivity contribution in [3.05, 3.63) is 46.3 Å². The van der Waals surface area contributed by atoms with Crippen LogP contribution in [-0.4, -0.2) is 65.0 Å². The van der Waals surface area contributed by atoms with Crippen LogP contribution in [0.3, 0.4) is 0 Å². The molecule has 9 nitrogen and oxygen atoms in total. The molecule has 124 valence electrons. The first-order valence-electron chi connectivity index (χ1n) is 6.84. The summed E-state index contributed by atoms with van der Waals surface area (Å²) in [4.78, 5) is 15.3. The first kappa shape index (κ1) is 17.4. The van der Waals surface area contributed by atoms with Crippen LogP contribution in [0.5, 0.6) is 0 Å². The van der Waals surface area contributed by atoms with Gasteiger partial charge in [-0.05, 0) is 5.53 Å². The van der Waals surface area contributed by atoms with Gasteiger partial charge in [-0.3, -0.25) is 4.79 Å². The molecule has 23 heavy (non-hydrogen) atoms. The lowest BCUT2D eigenvalue weighted by Crippen LogP contribution is -2.70. The smallest absolute Gasteiger partial charge is 0.197 e. The van der Waals surface area contributed by atoms with E-state index in [1.54, 1.807) is 18.2 Å². The Bertz CT molecular complexity index is 606. The van der Waals surface area contributed by atoms with Crippen molar-refractivity contribution >= 4 is 5.78 Å². The van der Waals surface area contributed by atoms with Gasteiger partial charge in [0, 0.05) is 17.6 Å². The molecule has 0 amide bonds. The van der Waals surface area contributed by atoms with E-state index in [0.29, 0.717) is 0 Å². The highest BCUT2D eigenvalue weighted by atomic mass is 16.7. The van der Waals surface area contributed by atoms with Gasteiger partial charge in [0.2, 0.25) is 0 Å². The van der Waals surface area contributed by atoms with Crippen LogP contribution in [0.2, 0.25) is 0 Å². The molecule has 2 rings (SSSR count). The van der Waals surface area contributed by atoms with E-state index in [-0.39, 0.29) is 5.56 Å². The molecule has 1 saturated heterocycles. The fourth-order valence-electron chi connectivity index (χ4n) is 2.60. The molecule has 1 fully saturated rings. The van der Waals surface area contributed by atoms with Crippen LogP contribution in [-0.2, 0) is 9.47 Å². The van der Waals surface area contributed by atoms with E-state index in [4.69, 9.17) is 15.0 Å². The molecule has 9 heteroatoms. The Morgan fingerprint density at radius 2 is 2.13 bits per heavy atom. The molecular formula is C14H17N3O6. The van der Waals surface area contributed by atoms with Gasteiger partial charge in [0.15, 0.2) is 17.7 Å². The molecule has 1 aliphatic heterocycles. The number of ether oxygens (including phenoxy) is 2. The van der Waals surface area contributed by atoms with E-state index in [1.807, 2.05) is 0 Å². The summed E-state index contributed by atoms with van der Waals surface area (Å²) in [6, 6.07) is 6.23. The van der Waals surface area contributed by atoms with Crippen molar-refractivity contribution in [2.24, 2.45) is 5.11 Å². The number of azide groups is 1. The lowest BCUT2D eigenvalue weighted by atomic mass is 9.77. The minimum absolute atomic E-state index is 0.112. The molecule has 0 aromatic heterocycles. The molecular weight excluding hydrogens is 306 g/mol.